The molecule has 3 unspecified atom stereocenters. The summed E-state index contributed by atoms with van der Waals surface area (Å²) in [7, 11) is 2.10. The average molecular weight is 343 g/mol. The first kappa shape index (κ1) is 15.9. The van der Waals surface area contributed by atoms with E-state index >= 15 is 0 Å². The fourth-order valence-corrected chi connectivity index (χ4v) is 3.72. The molecule has 1 aliphatic carbocycles. The molecule has 0 amide bonds. The van der Waals surface area contributed by atoms with Gasteiger partial charge in [0.1, 0.15) is 5.82 Å². The Morgan fingerprint density at radius 3 is 2.80 bits per heavy atom. The lowest BCUT2D eigenvalue weighted by Crippen LogP contribution is -2.44. The van der Waals surface area contributed by atoms with Gasteiger partial charge in [0.05, 0.1) is 0 Å². The SMILES string of the molecule is CC(c1cc(Br)ccc1F)N(C)C1CCCCC1CN. The summed E-state index contributed by atoms with van der Waals surface area (Å²) in [4.78, 5) is 2.31. The fourth-order valence-electron chi connectivity index (χ4n) is 3.34. The monoisotopic (exact) mass is 342 g/mol. The van der Waals surface area contributed by atoms with Crippen LogP contribution in [0.3, 0.4) is 0 Å². The first-order valence-corrected chi connectivity index (χ1v) is 8.20. The second kappa shape index (κ2) is 7.01. The molecule has 0 aromatic heterocycles. The molecule has 0 spiro atoms. The fraction of sp³-hybridized carbons (Fsp3) is 0.625. The smallest absolute Gasteiger partial charge is 0.128 e. The molecule has 4 heteroatoms. The van der Waals surface area contributed by atoms with Crippen molar-refractivity contribution in [1.29, 1.82) is 0 Å². The third-order valence-electron chi connectivity index (χ3n) is 4.71. The molecule has 0 saturated heterocycles. The predicted octanol–water partition coefficient (Wildman–Crippen LogP) is 4.10. The molecule has 1 aromatic rings. The zero-order chi connectivity index (χ0) is 14.7. The maximum atomic E-state index is 14.1. The largest absolute Gasteiger partial charge is 0.330 e. The van der Waals surface area contributed by atoms with Gasteiger partial charge in [0.2, 0.25) is 0 Å². The highest BCUT2D eigenvalue weighted by molar-refractivity contribution is 9.10. The minimum absolute atomic E-state index is 0.0599. The molecule has 1 aromatic carbocycles. The number of hydrogen-bond acceptors (Lipinski definition) is 2. The van der Waals surface area contributed by atoms with Gasteiger partial charge in [-0.3, -0.25) is 4.90 Å². The van der Waals surface area contributed by atoms with Gasteiger partial charge < -0.3 is 5.73 Å². The lowest BCUT2D eigenvalue weighted by Gasteiger charge is -2.40. The second-order valence-corrected chi connectivity index (χ2v) is 6.77. The summed E-state index contributed by atoms with van der Waals surface area (Å²) in [5, 5.41) is 0. The van der Waals surface area contributed by atoms with E-state index in [0.717, 1.165) is 16.6 Å². The molecule has 2 rings (SSSR count). The van der Waals surface area contributed by atoms with Gasteiger partial charge in [-0.05, 0) is 57.5 Å². The predicted molar refractivity (Wildman–Crippen MR) is 85.1 cm³/mol. The van der Waals surface area contributed by atoms with Crippen molar-refractivity contribution in [3.63, 3.8) is 0 Å². The quantitative estimate of drug-likeness (QED) is 0.892. The maximum Gasteiger partial charge on any atom is 0.128 e. The van der Waals surface area contributed by atoms with E-state index in [1.54, 1.807) is 6.07 Å². The van der Waals surface area contributed by atoms with Crippen LogP contribution in [0.2, 0.25) is 0 Å². The highest BCUT2D eigenvalue weighted by Gasteiger charge is 2.30. The molecule has 112 valence electrons. The molecular formula is C16H24BrFN2. The van der Waals surface area contributed by atoms with Crippen LogP contribution in [0.25, 0.3) is 0 Å². The van der Waals surface area contributed by atoms with Gasteiger partial charge in [-0.25, -0.2) is 4.39 Å². The van der Waals surface area contributed by atoms with Gasteiger partial charge in [0.25, 0.3) is 0 Å². The van der Waals surface area contributed by atoms with Crippen molar-refractivity contribution in [2.75, 3.05) is 13.6 Å². The van der Waals surface area contributed by atoms with Crippen molar-refractivity contribution in [3.8, 4) is 0 Å². The van der Waals surface area contributed by atoms with Crippen molar-refractivity contribution in [3.05, 3.63) is 34.1 Å². The Morgan fingerprint density at radius 1 is 1.40 bits per heavy atom. The molecule has 0 bridgehead atoms. The van der Waals surface area contributed by atoms with Crippen LogP contribution in [0.1, 0.15) is 44.2 Å². The van der Waals surface area contributed by atoms with Gasteiger partial charge >= 0.3 is 0 Å². The van der Waals surface area contributed by atoms with E-state index in [1.807, 2.05) is 6.07 Å². The Kier molecular flexibility index (Phi) is 5.58. The van der Waals surface area contributed by atoms with Crippen LogP contribution in [0, 0.1) is 11.7 Å². The number of halogens is 2. The van der Waals surface area contributed by atoms with E-state index in [9.17, 15) is 4.39 Å². The van der Waals surface area contributed by atoms with Crippen LogP contribution < -0.4 is 5.73 Å². The van der Waals surface area contributed by atoms with E-state index in [0.29, 0.717) is 12.0 Å². The molecule has 1 aliphatic rings. The first-order chi connectivity index (χ1) is 9.54. The van der Waals surface area contributed by atoms with E-state index in [1.165, 1.54) is 31.7 Å². The topological polar surface area (TPSA) is 29.3 Å². The zero-order valence-corrected chi connectivity index (χ0v) is 13.9. The Hall–Kier alpha value is -0.450. The van der Waals surface area contributed by atoms with Crippen molar-refractivity contribution in [2.24, 2.45) is 11.7 Å². The van der Waals surface area contributed by atoms with Crippen LogP contribution in [0.5, 0.6) is 0 Å². The molecule has 0 radical (unpaired) electrons. The summed E-state index contributed by atoms with van der Waals surface area (Å²) in [5.41, 5.74) is 6.67. The summed E-state index contributed by atoms with van der Waals surface area (Å²) in [6.07, 6.45) is 4.88. The third-order valence-corrected chi connectivity index (χ3v) is 5.21. The van der Waals surface area contributed by atoms with E-state index < -0.39 is 0 Å². The molecule has 1 fully saturated rings. The average Bonchev–Trinajstić information content (AvgIpc) is 2.48. The van der Waals surface area contributed by atoms with Gasteiger partial charge in [-0.15, -0.1) is 0 Å². The zero-order valence-electron chi connectivity index (χ0n) is 12.3. The Labute approximate surface area is 129 Å². The lowest BCUT2D eigenvalue weighted by molar-refractivity contribution is 0.0974. The van der Waals surface area contributed by atoms with Gasteiger partial charge in [-0.2, -0.15) is 0 Å². The normalized spacial score (nSPS) is 24.9. The molecule has 1 saturated carbocycles. The maximum absolute atomic E-state index is 14.1. The highest BCUT2D eigenvalue weighted by Crippen LogP contribution is 2.33. The van der Waals surface area contributed by atoms with E-state index in [4.69, 9.17) is 5.73 Å². The van der Waals surface area contributed by atoms with E-state index in [2.05, 4.69) is 34.8 Å². The first-order valence-electron chi connectivity index (χ1n) is 7.41. The minimum atomic E-state index is -0.132. The summed E-state index contributed by atoms with van der Waals surface area (Å²) in [5.74, 6) is 0.402. The summed E-state index contributed by atoms with van der Waals surface area (Å²) in [6.45, 7) is 2.80. The molecule has 2 N–H and O–H groups in total. The van der Waals surface area contributed by atoms with Gasteiger partial charge in [0, 0.05) is 22.1 Å². The van der Waals surface area contributed by atoms with Crippen LogP contribution in [0.4, 0.5) is 4.39 Å². The van der Waals surface area contributed by atoms with Crippen molar-refractivity contribution in [1.82, 2.24) is 4.90 Å². The van der Waals surface area contributed by atoms with Crippen LogP contribution in [-0.4, -0.2) is 24.5 Å². The van der Waals surface area contributed by atoms with Crippen LogP contribution in [-0.2, 0) is 0 Å². The van der Waals surface area contributed by atoms with Crippen molar-refractivity contribution < 1.29 is 4.39 Å². The van der Waals surface area contributed by atoms with Gasteiger partial charge in [-0.1, -0.05) is 28.8 Å². The Balaban J connectivity index is 2.18. The van der Waals surface area contributed by atoms with Crippen molar-refractivity contribution >= 4 is 15.9 Å². The highest BCUT2D eigenvalue weighted by atomic mass is 79.9. The van der Waals surface area contributed by atoms with Crippen LogP contribution in [0.15, 0.2) is 22.7 Å². The molecular weight excluding hydrogens is 319 g/mol. The number of nitrogens with zero attached hydrogens (tertiary/aromatic N) is 1. The summed E-state index contributed by atoms with van der Waals surface area (Å²) < 4.78 is 15.0. The number of nitrogens with two attached hydrogens (primary N) is 1. The number of hydrogen-bond donors (Lipinski definition) is 1. The number of benzene rings is 1. The van der Waals surface area contributed by atoms with Crippen LogP contribution >= 0.6 is 15.9 Å². The minimum Gasteiger partial charge on any atom is -0.330 e. The molecule has 0 aliphatic heterocycles. The third kappa shape index (κ3) is 3.41. The van der Waals surface area contributed by atoms with Gasteiger partial charge in [0.15, 0.2) is 0 Å². The Morgan fingerprint density at radius 2 is 2.10 bits per heavy atom. The summed E-state index contributed by atoms with van der Waals surface area (Å²) >= 11 is 3.43. The molecule has 3 atom stereocenters. The van der Waals surface area contributed by atoms with Crippen molar-refractivity contribution in [2.45, 2.75) is 44.7 Å². The van der Waals surface area contributed by atoms with E-state index in [-0.39, 0.29) is 11.9 Å². The molecule has 2 nitrogen and oxygen atoms in total. The Bertz CT molecular complexity index is 452. The number of rotatable bonds is 4. The standard InChI is InChI=1S/C16H24BrFN2/c1-11(14-9-13(17)7-8-15(14)18)20(2)16-6-4-3-5-12(16)10-19/h7-9,11-12,16H,3-6,10,19H2,1-2H3. The molecule has 0 heterocycles. The molecule has 20 heavy (non-hydrogen) atoms. The second-order valence-electron chi connectivity index (χ2n) is 5.85. The lowest BCUT2D eigenvalue weighted by atomic mass is 9.83. The summed E-state index contributed by atoms with van der Waals surface area (Å²) in [6, 6.07) is 5.68.